The van der Waals surface area contributed by atoms with Gasteiger partial charge in [0.1, 0.15) is 0 Å². The first-order valence-electron chi connectivity index (χ1n) is 5.55. The van der Waals surface area contributed by atoms with Crippen LogP contribution >= 0.6 is 0 Å². The average Bonchev–Trinajstić information content (AvgIpc) is 2.21. The summed E-state index contributed by atoms with van der Waals surface area (Å²) in [4.78, 5) is 12.6. The molecular weight excluding hydrogens is 245 g/mol. The number of nitrogens with one attached hydrogen (secondary N) is 1. The number of halogens is 3. The van der Waals surface area contributed by atoms with Crippen LogP contribution in [-0.2, 0) is 11.0 Å². The van der Waals surface area contributed by atoms with Crippen molar-refractivity contribution in [3.05, 3.63) is 29.8 Å². The number of carbonyl (C=O) groups excluding carboxylic acids is 1. The van der Waals surface area contributed by atoms with Gasteiger partial charge in [0.25, 0.3) is 0 Å². The van der Waals surface area contributed by atoms with Crippen molar-refractivity contribution in [2.45, 2.75) is 19.1 Å². The van der Waals surface area contributed by atoms with Crippen molar-refractivity contribution < 1.29 is 18.0 Å². The first kappa shape index (κ1) is 12.7. The van der Waals surface area contributed by atoms with Crippen molar-refractivity contribution in [1.82, 2.24) is 4.90 Å². The quantitative estimate of drug-likeness (QED) is 0.883. The summed E-state index contributed by atoms with van der Waals surface area (Å²) in [5.74, 6) is -0.0166. The van der Waals surface area contributed by atoms with E-state index in [0.717, 1.165) is 12.1 Å². The number of carbonyl (C=O) groups is 1. The van der Waals surface area contributed by atoms with E-state index in [2.05, 4.69) is 5.32 Å². The number of rotatable bonds is 2. The van der Waals surface area contributed by atoms with Gasteiger partial charge >= 0.3 is 6.18 Å². The van der Waals surface area contributed by atoms with Crippen LogP contribution in [0.5, 0.6) is 0 Å². The Labute approximate surface area is 103 Å². The molecule has 1 saturated heterocycles. The molecule has 6 heteroatoms. The molecule has 0 spiro atoms. The van der Waals surface area contributed by atoms with E-state index in [1.165, 1.54) is 13.0 Å². The van der Waals surface area contributed by atoms with Gasteiger partial charge in [0.2, 0.25) is 5.91 Å². The third-order valence-electron chi connectivity index (χ3n) is 2.89. The van der Waals surface area contributed by atoms with Gasteiger partial charge in [0.05, 0.1) is 11.6 Å². The number of anilines is 1. The molecule has 0 aromatic heterocycles. The minimum absolute atomic E-state index is 0.0166. The zero-order valence-electron chi connectivity index (χ0n) is 9.79. The van der Waals surface area contributed by atoms with Crippen LogP contribution in [0.3, 0.4) is 0 Å². The van der Waals surface area contributed by atoms with Crippen molar-refractivity contribution in [3.63, 3.8) is 0 Å². The Bertz CT molecular complexity index is 453. The lowest BCUT2D eigenvalue weighted by molar-refractivity contribution is -0.137. The van der Waals surface area contributed by atoms with Gasteiger partial charge in [-0.25, -0.2) is 0 Å². The standard InChI is InChI=1S/C12H13F3N2O/c1-8(18)17-6-11(7-17)16-10-4-2-3-9(5-10)12(13,14)15/h2-5,11,16H,6-7H2,1H3. The Morgan fingerprint density at radius 2 is 2.06 bits per heavy atom. The SMILES string of the molecule is CC(=O)N1CC(Nc2cccc(C(F)(F)F)c2)C1. The number of hydrogen-bond acceptors (Lipinski definition) is 2. The minimum atomic E-state index is -4.33. The predicted octanol–water partition coefficient (Wildman–Crippen LogP) is 2.35. The smallest absolute Gasteiger partial charge is 0.379 e. The Balaban J connectivity index is 1.97. The van der Waals surface area contributed by atoms with E-state index in [-0.39, 0.29) is 11.9 Å². The van der Waals surface area contributed by atoms with E-state index in [0.29, 0.717) is 18.8 Å². The summed E-state index contributed by atoms with van der Waals surface area (Å²) >= 11 is 0. The zero-order chi connectivity index (χ0) is 13.3. The van der Waals surface area contributed by atoms with Crippen LogP contribution in [0.25, 0.3) is 0 Å². The second-order valence-corrected chi connectivity index (χ2v) is 4.34. The van der Waals surface area contributed by atoms with E-state index < -0.39 is 11.7 Å². The average molecular weight is 258 g/mol. The maximum Gasteiger partial charge on any atom is 0.416 e. The second kappa shape index (κ2) is 4.51. The number of nitrogens with zero attached hydrogens (tertiary/aromatic N) is 1. The molecule has 1 heterocycles. The van der Waals surface area contributed by atoms with E-state index in [9.17, 15) is 18.0 Å². The molecule has 1 fully saturated rings. The molecule has 1 amide bonds. The minimum Gasteiger partial charge on any atom is -0.379 e. The molecule has 1 N–H and O–H groups in total. The Morgan fingerprint density at radius 3 is 2.61 bits per heavy atom. The summed E-state index contributed by atoms with van der Waals surface area (Å²) in [6, 6.07) is 5.10. The van der Waals surface area contributed by atoms with E-state index in [4.69, 9.17) is 0 Å². The third kappa shape index (κ3) is 2.75. The molecule has 0 radical (unpaired) electrons. The number of amides is 1. The molecule has 0 atom stereocenters. The Morgan fingerprint density at radius 1 is 1.39 bits per heavy atom. The van der Waals surface area contributed by atoms with Gasteiger partial charge in [-0.2, -0.15) is 13.2 Å². The lowest BCUT2D eigenvalue weighted by Crippen LogP contribution is -2.56. The molecular formula is C12H13F3N2O. The second-order valence-electron chi connectivity index (χ2n) is 4.34. The van der Waals surface area contributed by atoms with Gasteiger partial charge in [-0.1, -0.05) is 6.07 Å². The molecule has 2 rings (SSSR count). The topological polar surface area (TPSA) is 32.3 Å². The van der Waals surface area contributed by atoms with Crippen LogP contribution in [0.4, 0.5) is 18.9 Å². The number of benzene rings is 1. The molecule has 1 aromatic rings. The highest BCUT2D eigenvalue weighted by Crippen LogP contribution is 2.31. The molecule has 0 saturated carbocycles. The maximum atomic E-state index is 12.5. The van der Waals surface area contributed by atoms with Gasteiger partial charge in [-0.15, -0.1) is 0 Å². The van der Waals surface area contributed by atoms with Crippen molar-refractivity contribution in [2.24, 2.45) is 0 Å². The maximum absolute atomic E-state index is 12.5. The van der Waals surface area contributed by atoms with Gasteiger partial charge in [-0.3, -0.25) is 4.79 Å². The highest BCUT2D eigenvalue weighted by Gasteiger charge is 2.31. The van der Waals surface area contributed by atoms with Gasteiger partial charge in [0.15, 0.2) is 0 Å². The summed E-state index contributed by atoms with van der Waals surface area (Å²) < 4.78 is 37.5. The van der Waals surface area contributed by atoms with Crippen LogP contribution in [0.2, 0.25) is 0 Å². The number of hydrogen-bond donors (Lipinski definition) is 1. The molecule has 0 unspecified atom stereocenters. The lowest BCUT2D eigenvalue weighted by atomic mass is 10.1. The first-order chi connectivity index (χ1) is 8.36. The fraction of sp³-hybridized carbons (Fsp3) is 0.417. The zero-order valence-corrected chi connectivity index (χ0v) is 9.79. The lowest BCUT2D eigenvalue weighted by Gasteiger charge is -2.39. The van der Waals surface area contributed by atoms with Crippen molar-refractivity contribution in [1.29, 1.82) is 0 Å². The molecule has 0 bridgehead atoms. The summed E-state index contributed by atoms with van der Waals surface area (Å²) in [5.41, 5.74) is -0.242. The molecule has 1 aliphatic rings. The van der Waals surface area contributed by atoms with Gasteiger partial charge < -0.3 is 10.2 Å². The molecule has 1 aromatic carbocycles. The van der Waals surface area contributed by atoms with Crippen LogP contribution in [0, 0.1) is 0 Å². The van der Waals surface area contributed by atoms with Gasteiger partial charge in [0, 0.05) is 25.7 Å². The summed E-state index contributed by atoms with van der Waals surface area (Å²) in [5, 5.41) is 2.98. The van der Waals surface area contributed by atoms with Crippen LogP contribution < -0.4 is 5.32 Å². The Hall–Kier alpha value is -1.72. The molecule has 1 aliphatic heterocycles. The van der Waals surface area contributed by atoms with Crippen LogP contribution in [0.15, 0.2) is 24.3 Å². The summed E-state index contributed by atoms with van der Waals surface area (Å²) in [7, 11) is 0. The molecule has 0 aliphatic carbocycles. The largest absolute Gasteiger partial charge is 0.416 e. The normalized spacial score (nSPS) is 16.3. The fourth-order valence-corrected chi connectivity index (χ4v) is 1.85. The fourth-order valence-electron chi connectivity index (χ4n) is 1.85. The number of likely N-dealkylation sites (tertiary alicyclic amines) is 1. The van der Waals surface area contributed by atoms with E-state index in [1.54, 1.807) is 11.0 Å². The van der Waals surface area contributed by atoms with Crippen molar-refractivity contribution >= 4 is 11.6 Å². The summed E-state index contributed by atoms with van der Waals surface area (Å²) in [6.45, 7) is 2.54. The first-order valence-corrected chi connectivity index (χ1v) is 5.55. The number of alkyl halides is 3. The van der Waals surface area contributed by atoms with Crippen LogP contribution in [0.1, 0.15) is 12.5 Å². The third-order valence-corrected chi connectivity index (χ3v) is 2.89. The van der Waals surface area contributed by atoms with Crippen molar-refractivity contribution in [2.75, 3.05) is 18.4 Å². The van der Waals surface area contributed by atoms with Crippen LogP contribution in [-0.4, -0.2) is 29.9 Å². The molecule has 18 heavy (non-hydrogen) atoms. The van der Waals surface area contributed by atoms with Crippen molar-refractivity contribution in [3.8, 4) is 0 Å². The highest BCUT2D eigenvalue weighted by atomic mass is 19.4. The molecule has 3 nitrogen and oxygen atoms in total. The Kier molecular flexibility index (Phi) is 3.19. The van der Waals surface area contributed by atoms with E-state index in [1.807, 2.05) is 0 Å². The monoisotopic (exact) mass is 258 g/mol. The molecule has 98 valence electrons. The predicted molar refractivity (Wildman–Crippen MR) is 61.1 cm³/mol. The van der Waals surface area contributed by atoms with Gasteiger partial charge in [-0.05, 0) is 18.2 Å². The highest BCUT2D eigenvalue weighted by molar-refractivity contribution is 5.74. The summed E-state index contributed by atoms with van der Waals surface area (Å²) in [6.07, 6.45) is -4.33. The van der Waals surface area contributed by atoms with E-state index >= 15 is 0 Å².